The molecular formula is C19H32N4O. The molecule has 5 heteroatoms. The maximum atomic E-state index is 6.11. The van der Waals surface area contributed by atoms with Crippen molar-refractivity contribution in [3.8, 4) is 0 Å². The molecule has 1 aromatic carbocycles. The Bertz CT molecular complexity index is 542. The Labute approximate surface area is 146 Å². The van der Waals surface area contributed by atoms with Crippen LogP contribution in [0.15, 0.2) is 23.2 Å². The van der Waals surface area contributed by atoms with Gasteiger partial charge in [-0.1, -0.05) is 12.1 Å². The first-order valence-corrected chi connectivity index (χ1v) is 9.04. The van der Waals surface area contributed by atoms with Crippen molar-refractivity contribution in [3.63, 3.8) is 0 Å². The van der Waals surface area contributed by atoms with Gasteiger partial charge in [0.2, 0.25) is 0 Å². The molecule has 0 fully saturated rings. The van der Waals surface area contributed by atoms with Gasteiger partial charge in [0.15, 0.2) is 5.96 Å². The summed E-state index contributed by atoms with van der Waals surface area (Å²) in [7, 11) is 4.14. The van der Waals surface area contributed by atoms with Gasteiger partial charge >= 0.3 is 0 Å². The number of rotatable bonds is 8. The topological polar surface area (TPSA) is 62.9 Å². The van der Waals surface area contributed by atoms with E-state index in [0.29, 0.717) is 19.1 Å². The van der Waals surface area contributed by atoms with Crippen LogP contribution in [0.4, 0.5) is 5.69 Å². The minimum absolute atomic E-state index is 0.113. The molecule has 0 bridgehead atoms. The molecule has 3 N–H and O–H groups in total. The highest BCUT2D eigenvalue weighted by molar-refractivity contribution is 5.93. The first-order chi connectivity index (χ1) is 11.6. The lowest BCUT2D eigenvalue weighted by Gasteiger charge is -2.20. The number of benzene rings is 1. The van der Waals surface area contributed by atoms with Crippen LogP contribution >= 0.6 is 0 Å². The summed E-state index contributed by atoms with van der Waals surface area (Å²) in [4.78, 5) is 6.67. The second-order valence-corrected chi connectivity index (χ2v) is 6.67. The van der Waals surface area contributed by atoms with Crippen LogP contribution in [0.5, 0.6) is 0 Å². The fourth-order valence-electron chi connectivity index (χ4n) is 3.14. The van der Waals surface area contributed by atoms with Gasteiger partial charge < -0.3 is 20.7 Å². The Hall–Kier alpha value is -1.59. The van der Waals surface area contributed by atoms with E-state index in [1.54, 1.807) is 0 Å². The molecule has 134 valence electrons. The molecule has 0 spiro atoms. The molecule has 0 saturated heterocycles. The molecule has 1 unspecified atom stereocenters. The van der Waals surface area contributed by atoms with Crippen molar-refractivity contribution in [2.45, 2.75) is 45.1 Å². The number of hydrogen-bond acceptors (Lipinski definition) is 3. The SMILES string of the molecule is CCOC(CCN(C)C)CN=C(N)Nc1cccc2c1CCCC2. The van der Waals surface area contributed by atoms with Gasteiger partial charge in [0.25, 0.3) is 0 Å². The first-order valence-electron chi connectivity index (χ1n) is 9.04. The summed E-state index contributed by atoms with van der Waals surface area (Å²) in [6.07, 6.45) is 5.89. The molecule has 0 aromatic heterocycles. The number of ether oxygens (including phenoxy) is 1. The van der Waals surface area contributed by atoms with Crippen LogP contribution in [0, 0.1) is 0 Å². The predicted octanol–water partition coefficient (Wildman–Crippen LogP) is 2.65. The maximum absolute atomic E-state index is 6.11. The number of guanidine groups is 1. The van der Waals surface area contributed by atoms with Crippen molar-refractivity contribution in [1.29, 1.82) is 0 Å². The van der Waals surface area contributed by atoms with Crippen molar-refractivity contribution in [2.24, 2.45) is 10.7 Å². The fourth-order valence-corrected chi connectivity index (χ4v) is 3.14. The largest absolute Gasteiger partial charge is 0.377 e. The molecule has 1 aliphatic carbocycles. The van der Waals surface area contributed by atoms with Crippen LogP contribution < -0.4 is 11.1 Å². The van der Waals surface area contributed by atoms with Crippen LogP contribution in [0.1, 0.15) is 37.3 Å². The summed E-state index contributed by atoms with van der Waals surface area (Å²) in [5.41, 5.74) is 10.1. The monoisotopic (exact) mass is 332 g/mol. The van der Waals surface area contributed by atoms with Gasteiger partial charge in [0.1, 0.15) is 0 Å². The van der Waals surface area contributed by atoms with E-state index in [4.69, 9.17) is 10.5 Å². The lowest BCUT2D eigenvalue weighted by Crippen LogP contribution is -2.28. The molecule has 0 radical (unpaired) electrons. The highest BCUT2D eigenvalue weighted by Gasteiger charge is 2.13. The van der Waals surface area contributed by atoms with Gasteiger partial charge in [-0.3, -0.25) is 4.99 Å². The third kappa shape index (κ3) is 5.80. The Balaban J connectivity index is 1.95. The Morgan fingerprint density at radius 2 is 2.12 bits per heavy atom. The number of nitrogens with zero attached hydrogens (tertiary/aromatic N) is 2. The van der Waals surface area contributed by atoms with Crippen molar-refractivity contribution in [2.75, 3.05) is 39.1 Å². The summed E-state index contributed by atoms with van der Waals surface area (Å²) in [6, 6.07) is 6.41. The maximum Gasteiger partial charge on any atom is 0.193 e. The van der Waals surface area contributed by atoms with Gasteiger partial charge in [-0.2, -0.15) is 0 Å². The standard InChI is InChI=1S/C19H32N4O/c1-4-24-16(12-13-23(2)3)14-21-19(20)22-18-11-7-9-15-8-5-6-10-17(15)18/h7,9,11,16H,4-6,8,10,12-14H2,1-3H3,(H3,20,21,22). The van der Waals surface area contributed by atoms with Gasteiger partial charge in [-0.25, -0.2) is 0 Å². The van der Waals surface area contributed by atoms with E-state index >= 15 is 0 Å². The summed E-state index contributed by atoms with van der Waals surface area (Å²) >= 11 is 0. The fraction of sp³-hybridized carbons (Fsp3) is 0.632. The predicted molar refractivity (Wildman–Crippen MR) is 102 cm³/mol. The first kappa shape index (κ1) is 18.7. The van der Waals surface area contributed by atoms with Crippen LogP contribution in [-0.4, -0.2) is 50.8 Å². The van der Waals surface area contributed by atoms with Gasteiger partial charge in [-0.15, -0.1) is 0 Å². The quantitative estimate of drug-likeness (QED) is 0.567. The van der Waals surface area contributed by atoms with Crippen LogP contribution in [0.2, 0.25) is 0 Å². The number of nitrogens with one attached hydrogen (secondary N) is 1. The van der Waals surface area contributed by atoms with Gasteiger partial charge in [0.05, 0.1) is 12.6 Å². The van der Waals surface area contributed by atoms with E-state index in [1.807, 2.05) is 6.92 Å². The minimum atomic E-state index is 0.113. The van der Waals surface area contributed by atoms with E-state index < -0.39 is 0 Å². The summed E-state index contributed by atoms with van der Waals surface area (Å²) in [5.74, 6) is 0.475. The number of anilines is 1. The lowest BCUT2D eigenvalue weighted by atomic mass is 9.90. The highest BCUT2D eigenvalue weighted by atomic mass is 16.5. The third-order valence-corrected chi connectivity index (χ3v) is 4.42. The Kier molecular flexibility index (Phi) is 7.53. The van der Waals surface area contributed by atoms with Crippen molar-refractivity contribution < 1.29 is 4.74 Å². The molecule has 1 atom stereocenters. The molecule has 5 nitrogen and oxygen atoms in total. The average molecular weight is 332 g/mol. The van der Waals surface area contributed by atoms with Crippen LogP contribution in [0.25, 0.3) is 0 Å². The Morgan fingerprint density at radius 1 is 1.33 bits per heavy atom. The zero-order chi connectivity index (χ0) is 17.4. The molecule has 0 saturated carbocycles. The van der Waals surface area contributed by atoms with E-state index in [1.165, 1.54) is 30.4 Å². The number of hydrogen-bond donors (Lipinski definition) is 2. The summed E-state index contributed by atoms with van der Waals surface area (Å²) in [6.45, 7) is 4.30. The van der Waals surface area contributed by atoms with E-state index in [-0.39, 0.29) is 6.10 Å². The molecule has 2 rings (SSSR count). The second-order valence-electron chi connectivity index (χ2n) is 6.67. The average Bonchev–Trinajstić information content (AvgIpc) is 2.57. The smallest absolute Gasteiger partial charge is 0.193 e. The molecule has 0 aliphatic heterocycles. The van der Waals surface area contributed by atoms with E-state index in [9.17, 15) is 0 Å². The zero-order valence-corrected chi connectivity index (χ0v) is 15.3. The zero-order valence-electron chi connectivity index (χ0n) is 15.3. The molecule has 1 aromatic rings. The summed E-state index contributed by atoms with van der Waals surface area (Å²) < 4.78 is 5.77. The number of fused-ring (bicyclic) bond motifs is 1. The highest BCUT2D eigenvalue weighted by Crippen LogP contribution is 2.27. The Morgan fingerprint density at radius 3 is 2.88 bits per heavy atom. The molecule has 0 heterocycles. The molecule has 24 heavy (non-hydrogen) atoms. The van der Waals surface area contributed by atoms with Gasteiger partial charge in [-0.05, 0) is 70.3 Å². The minimum Gasteiger partial charge on any atom is -0.377 e. The normalized spacial score (nSPS) is 16.1. The number of aryl methyl sites for hydroxylation is 1. The molecule has 0 amide bonds. The van der Waals surface area contributed by atoms with E-state index in [0.717, 1.165) is 25.1 Å². The third-order valence-electron chi connectivity index (χ3n) is 4.42. The molecular weight excluding hydrogens is 300 g/mol. The lowest BCUT2D eigenvalue weighted by molar-refractivity contribution is 0.0583. The van der Waals surface area contributed by atoms with Crippen LogP contribution in [0.3, 0.4) is 0 Å². The summed E-state index contributed by atoms with van der Waals surface area (Å²) in [5, 5.41) is 3.29. The van der Waals surface area contributed by atoms with Gasteiger partial charge in [0, 0.05) is 18.8 Å². The molecule has 1 aliphatic rings. The van der Waals surface area contributed by atoms with E-state index in [2.05, 4.69) is 47.5 Å². The second kappa shape index (κ2) is 9.64. The number of aliphatic imine (C=N–C) groups is 1. The van der Waals surface area contributed by atoms with Crippen molar-refractivity contribution >= 4 is 11.6 Å². The van der Waals surface area contributed by atoms with Crippen LogP contribution in [-0.2, 0) is 17.6 Å². The van der Waals surface area contributed by atoms with Crippen molar-refractivity contribution in [1.82, 2.24) is 4.90 Å². The number of nitrogens with two attached hydrogens (primary N) is 1. The van der Waals surface area contributed by atoms with Crippen molar-refractivity contribution in [3.05, 3.63) is 29.3 Å².